The first-order chi connectivity index (χ1) is 9.46. The highest BCUT2D eigenvalue weighted by atomic mass is 16.3. The number of Topliss-reactive ketones (excluding diaryl/α,β-unsaturated/α-hetero) is 1. The highest BCUT2D eigenvalue weighted by Crippen LogP contribution is 2.37. The zero-order valence-corrected chi connectivity index (χ0v) is 12.0. The van der Waals surface area contributed by atoms with E-state index in [1.165, 1.54) is 6.92 Å². The number of hydrogen-bond donors (Lipinski definition) is 2. The summed E-state index contributed by atoms with van der Waals surface area (Å²) in [4.78, 5) is 23.4. The van der Waals surface area contributed by atoms with Gasteiger partial charge in [-0.1, -0.05) is 25.5 Å². The fourth-order valence-electron chi connectivity index (χ4n) is 2.77. The highest BCUT2D eigenvalue weighted by molar-refractivity contribution is 5.97. The normalized spacial score (nSPS) is 25.4. The van der Waals surface area contributed by atoms with Crippen LogP contribution < -0.4 is 5.32 Å². The van der Waals surface area contributed by atoms with Crippen molar-refractivity contribution in [2.24, 2.45) is 5.41 Å². The predicted molar refractivity (Wildman–Crippen MR) is 76.7 cm³/mol. The standard InChI is InChI=1S/C16H21NO3/c1-11(19)12-5-7-13(8-6-12)15(20)17-14-4-3-9-16(14,2)10-18/h5-8,14,18H,3-4,9-10H2,1-2H3,(H,17,20). The molecule has 1 fully saturated rings. The Labute approximate surface area is 119 Å². The Kier molecular flexibility index (Phi) is 4.23. The van der Waals surface area contributed by atoms with Crippen LogP contribution in [0.3, 0.4) is 0 Å². The van der Waals surface area contributed by atoms with E-state index in [1.54, 1.807) is 24.3 Å². The van der Waals surface area contributed by atoms with E-state index in [1.807, 2.05) is 6.92 Å². The van der Waals surface area contributed by atoms with Crippen LogP contribution in [-0.4, -0.2) is 29.4 Å². The Morgan fingerprint density at radius 3 is 2.45 bits per heavy atom. The third-order valence-electron chi connectivity index (χ3n) is 4.30. The molecular formula is C16H21NO3. The van der Waals surface area contributed by atoms with Crippen LogP contribution in [0.2, 0.25) is 0 Å². The van der Waals surface area contributed by atoms with Gasteiger partial charge in [0.15, 0.2) is 5.78 Å². The van der Waals surface area contributed by atoms with Crippen molar-refractivity contribution in [2.75, 3.05) is 6.61 Å². The number of rotatable bonds is 4. The van der Waals surface area contributed by atoms with Crippen LogP contribution in [0.15, 0.2) is 24.3 Å². The Morgan fingerprint density at radius 1 is 1.30 bits per heavy atom. The molecule has 1 aliphatic rings. The number of carbonyl (C=O) groups excluding carboxylic acids is 2. The third kappa shape index (κ3) is 2.90. The quantitative estimate of drug-likeness (QED) is 0.828. The molecule has 20 heavy (non-hydrogen) atoms. The second-order valence-electron chi connectivity index (χ2n) is 5.86. The van der Waals surface area contributed by atoms with E-state index in [0.29, 0.717) is 11.1 Å². The number of benzene rings is 1. The molecule has 1 amide bonds. The summed E-state index contributed by atoms with van der Waals surface area (Å²) in [6.45, 7) is 3.59. The van der Waals surface area contributed by atoms with Crippen molar-refractivity contribution >= 4 is 11.7 Å². The minimum atomic E-state index is -0.227. The van der Waals surface area contributed by atoms with Crippen molar-refractivity contribution < 1.29 is 14.7 Å². The van der Waals surface area contributed by atoms with Gasteiger partial charge in [0.1, 0.15) is 0 Å². The van der Waals surface area contributed by atoms with Gasteiger partial charge in [0, 0.05) is 22.6 Å². The van der Waals surface area contributed by atoms with Gasteiger partial charge in [0.2, 0.25) is 0 Å². The molecule has 0 aliphatic heterocycles. The van der Waals surface area contributed by atoms with Crippen LogP contribution in [0.4, 0.5) is 0 Å². The Morgan fingerprint density at radius 2 is 1.90 bits per heavy atom. The zero-order chi connectivity index (χ0) is 14.8. The van der Waals surface area contributed by atoms with Crippen LogP contribution in [0.1, 0.15) is 53.8 Å². The topological polar surface area (TPSA) is 66.4 Å². The monoisotopic (exact) mass is 275 g/mol. The van der Waals surface area contributed by atoms with Crippen molar-refractivity contribution in [3.63, 3.8) is 0 Å². The third-order valence-corrected chi connectivity index (χ3v) is 4.30. The largest absolute Gasteiger partial charge is 0.396 e. The molecule has 1 aromatic rings. The van der Waals surface area contributed by atoms with Gasteiger partial charge in [-0.15, -0.1) is 0 Å². The van der Waals surface area contributed by atoms with E-state index in [4.69, 9.17) is 0 Å². The molecule has 4 nitrogen and oxygen atoms in total. The molecule has 0 bridgehead atoms. The first kappa shape index (κ1) is 14.7. The fraction of sp³-hybridized carbons (Fsp3) is 0.500. The molecule has 0 heterocycles. The summed E-state index contributed by atoms with van der Waals surface area (Å²) < 4.78 is 0. The van der Waals surface area contributed by atoms with Gasteiger partial charge < -0.3 is 10.4 Å². The van der Waals surface area contributed by atoms with Crippen LogP contribution >= 0.6 is 0 Å². The lowest BCUT2D eigenvalue weighted by molar-refractivity contribution is 0.0830. The number of amides is 1. The molecule has 1 aromatic carbocycles. The number of ketones is 1. The van der Waals surface area contributed by atoms with Crippen LogP contribution in [0.25, 0.3) is 0 Å². The van der Waals surface area contributed by atoms with Crippen molar-refractivity contribution in [3.8, 4) is 0 Å². The number of carbonyl (C=O) groups is 2. The van der Waals surface area contributed by atoms with E-state index in [2.05, 4.69) is 5.32 Å². The molecule has 2 N–H and O–H groups in total. The maximum atomic E-state index is 12.2. The average molecular weight is 275 g/mol. The van der Waals surface area contributed by atoms with E-state index >= 15 is 0 Å². The second kappa shape index (κ2) is 5.75. The Bertz CT molecular complexity index is 509. The van der Waals surface area contributed by atoms with Crippen molar-refractivity contribution in [1.82, 2.24) is 5.32 Å². The number of aliphatic hydroxyl groups is 1. The smallest absolute Gasteiger partial charge is 0.251 e. The summed E-state index contributed by atoms with van der Waals surface area (Å²) in [5.41, 5.74) is 0.916. The minimum absolute atomic E-state index is 0.00693. The maximum absolute atomic E-state index is 12.2. The first-order valence-corrected chi connectivity index (χ1v) is 6.99. The summed E-state index contributed by atoms with van der Waals surface area (Å²) >= 11 is 0. The van der Waals surface area contributed by atoms with Gasteiger partial charge in [-0.05, 0) is 31.9 Å². The molecule has 2 atom stereocenters. The molecular weight excluding hydrogens is 254 g/mol. The van der Waals surface area contributed by atoms with Gasteiger partial charge in [-0.3, -0.25) is 9.59 Å². The van der Waals surface area contributed by atoms with Gasteiger partial charge in [0.25, 0.3) is 5.91 Å². The lowest BCUT2D eigenvalue weighted by Crippen LogP contribution is -2.44. The molecule has 108 valence electrons. The lowest BCUT2D eigenvalue weighted by Gasteiger charge is -2.30. The van der Waals surface area contributed by atoms with Crippen LogP contribution in [-0.2, 0) is 0 Å². The molecule has 0 aromatic heterocycles. The number of aliphatic hydroxyl groups excluding tert-OH is 1. The first-order valence-electron chi connectivity index (χ1n) is 6.99. The SMILES string of the molecule is CC(=O)c1ccc(C(=O)NC2CCCC2(C)CO)cc1. The van der Waals surface area contributed by atoms with E-state index in [9.17, 15) is 14.7 Å². The van der Waals surface area contributed by atoms with Gasteiger partial charge >= 0.3 is 0 Å². The van der Waals surface area contributed by atoms with E-state index in [0.717, 1.165) is 19.3 Å². The Hall–Kier alpha value is -1.68. The minimum Gasteiger partial charge on any atom is -0.396 e. The molecule has 2 rings (SSSR count). The van der Waals surface area contributed by atoms with Crippen molar-refractivity contribution in [2.45, 2.75) is 39.2 Å². The maximum Gasteiger partial charge on any atom is 0.251 e. The van der Waals surface area contributed by atoms with E-state index in [-0.39, 0.29) is 29.8 Å². The second-order valence-corrected chi connectivity index (χ2v) is 5.86. The molecule has 1 aliphatic carbocycles. The molecule has 0 spiro atoms. The van der Waals surface area contributed by atoms with Gasteiger partial charge in [0.05, 0.1) is 6.61 Å². The molecule has 0 saturated heterocycles. The Balaban J connectivity index is 2.06. The van der Waals surface area contributed by atoms with Gasteiger partial charge in [-0.25, -0.2) is 0 Å². The van der Waals surface area contributed by atoms with Gasteiger partial charge in [-0.2, -0.15) is 0 Å². The van der Waals surface area contributed by atoms with Crippen molar-refractivity contribution in [1.29, 1.82) is 0 Å². The van der Waals surface area contributed by atoms with Crippen LogP contribution in [0, 0.1) is 5.41 Å². The van der Waals surface area contributed by atoms with Crippen molar-refractivity contribution in [3.05, 3.63) is 35.4 Å². The van der Waals surface area contributed by atoms with E-state index < -0.39 is 0 Å². The summed E-state index contributed by atoms with van der Waals surface area (Å²) in [6, 6.07) is 6.66. The summed E-state index contributed by atoms with van der Waals surface area (Å²) in [7, 11) is 0. The number of nitrogens with one attached hydrogen (secondary N) is 1. The predicted octanol–water partition coefficient (Wildman–Crippen LogP) is 2.17. The average Bonchev–Trinajstić information content (AvgIpc) is 2.81. The lowest BCUT2D eigenvalue weighted by atomic mass is 9.85. The molecule has 2 unspecified atom stereocenters. The summed E-state index contributed by atoms with van der Waals surface area (Å²) in [5, 5.41) is 12.5. The highest BCUT2D eigenvalue weighted by Gasteiger charge is 2.39. The fourth-order valence-corrected chi connectivity index (χ4v) is 2.77. The molecule has 1 saturated carbocycles. The molecule has 0 radical (unpaired) electrons. The number of hydrogen-bond acceptors (Lipinski definition) is 3. The van der Waals surface area contributed by atoms with Crippen LogP contribution in [0.5, 0.6) is 0 Å². The summed E-state index contributed by atoms with van der Waals surface area (Å²) in [6.07, 6.45) is 2.84. The zero-order valence-electron chi connectivity index (χ0n) is 12.0. The molecule has 4 heteroatoms. The summed E-state index contributed by atoms with van der Waals surface area (Å²) in [5.74, 6) is -0.160.